The Bertz CT molecular complexity index is 497. The summed E-state index contributed by atoms with van der Waals surface area (Å²) in [5.41, 5.74) is 0.822. The number of carbonyl (C=O) groups is 1. The lowest BCUT2D eigenvalue weighted by Gasteiger charge is -2.22. The fraction of sp³-hybridized carbons (Fsp3) is 0.429. The largest absolute Gasteiger partial charge is 0.341 e. The Kier molecular flexibility index (Phi) is 6.14. The maximum Gasteiger partial charge on any atom is 0.227 e. The van der Waals surface area contributed by atoms with Gasteiger partial charge < -0.3 is 4.90 Å². The van der Waals surface area contributed by atoms with Crippen molar-refractivity contribution in [2.75, 3.05) is 13.1 Å². The minimum absolute atomic E-state index is 0.0111. The second-order valence-electron chi connectivity index (χ2n) is 4.39. The van der Waals surface area contributed by atoms with Crippen LogP contribution in [0.4, 0.5) is 0 Å². The van der Waals surface area contributed by atoms with E-state index < -0.39 is 0 Å². The molecule has 0 aromatic heterocycles. The van der Waals surface area contributed by atoms with Crippen molar-refractivity contribution in [3.8, 4) is 6.07 Å². The fourth-order valence-electron chi connectivity index (χ4n) is 1.71. The van der Waals surface area contributed by atoms with Crippen LogP contribution in [0.2, 0.25) is 10.0 Å². The molecule has 0 aliphatic heterocycles. The summed E-state index contributed by atoms with van der Waals surface area (Å²) in [7, 11) is 0. The van der Waals surface area contributed by atoms with Gasteiger partial charge in [0, 0.05) is 13.1 Å². The number of carbonyl (C=O) groups excluding carboxylic acids is 1. The Hall–Kier alpha value is -1.24. The van der Waals surface area contributed by atoms with E-state index in [-0.39, 0.29) is 18.2 Å². The lowest BCUT2D eigenvalue weighted by Crippen LogP contribution is -2.35. The molecule has 0 aliphatic carbocycles. The highest BCUT2D eigenvalue weighted by Gasteiger charge is 2.15. The van der Waals surface area contributed by atoms with Crippen molar-refractivity contribution in [2.24, 2.45) is 5.92 Å². The Morgan fingerprint density at radius 2 is 2.11 bits per heavy atom. The third-order valence-electron chi connectivity index (χ3n) is 2.79. The van der Waals surface area contributed by atoms with E-state index >= 15 is 0 Å². The summed E-state index contributed by atoms with van der Waals surface area (Å²) in [6.07, 6.45) is 0.267. The molecule has 0 N–H and O–H groups in total. The summed E-state index contributed by atoms with van der Waals surface area (Å²) in [4.78, 5) is 13.8. The van der Waals surface area contributed by atoms with Gasteiger partial charge in [-0.15, -0.1) is 0 Å². The SMILES string of the molecule is CCN(CC(C)C#N)C(=O)Cc1ccc(Cl)c(Cl)c1. The van der Waals surface area contributed by atoms with Crippen LogP contribution in [0.15, 0.2) is 18.2 Å². The number of nitriles is 1. The molecule has 1 unspecified atom stereocenters. The molecular weight excluding hydrogens is 283 g/mol. The van der Waals surface area contributed by atoms with Gasteiger partial charge in [0.05, 0.1) is 28.5 Å². The van der Waals surface area contributed by atoms with Crippen molar-refractivity contribution in [3.63, 3.8) is 0 Å². The Morgan fingerprint density at radius 3 is 2.63 bits per heavy atom. The average molecular weight is 299 g/mol. The van der Waals surface area contributed by atoms with E-state index in [9.17, 15) is 4.79 Å². The van der Waals surface area contributed by atoms with Crippen LogP contribution in [0.1, 0.15) is 19.4 Å². The third kappa shape index (κ3) is 4.74. The number of hydrogen-bond acceptors (Lipinski definition) is 2. The molecule has 5 heteroatoms. The highest BCUT2D eigenvalue weighted by Crippen LogP contribution is 2.23. The second-order valence-corrected chi connectivity index (χ2v) is 5.20. The van der Waals surface area contributed by atoms with E-state index in [2.05, 4.69) is 6.07 Å². The topological polar surface area (TPSA) is 44.1 Å². The molecule has 0 saturated carbocycles. The summed E-state index contributed by atoms with van der Waals surface area (Å²) >= 11 is 11.7. The van der Waals surface area contributed by atoms with Crippen molar-refractivity contribution < 1.29 is 4.79 Å². The van der Waals surface area contributed by atoms with Gasteiger partial charge in [-0.05, 0) is 31.5 Å². The van der Waals surface area contributed by atoms with E-state index in [1.807, 2.05) is 6.92 Å². The van der Waals surface area contributed by atoms with Gasteiger partial charge in [0.1, 0.15) is 0 Å². The van der Waals surface area contributed by atoms with Crippen molar-refractivity contribution in [3.05, 3.63) is 33.8 Å². The normalized spacial score (nSPS) is 11.7. The number of halogens is 2. The van der Waals surface area contributed by atoms with Crippen molar-refractivity contribution in [2.45, 2.75) is 20.3 Å². The first-order valence-electron chi connectivity index (χ1n) is 6.09. The monoisotopic (exact) mass is 298 g/mol. The van der Waals surface area contributed by atoms with Gasteiger partial charge in [0.25, 0.3) is 0 Å². The first kappa shape index (κ1) is 15.8. The zero-order valence-electron chi connectivity index (χ0n) is 11.0. The molecule has 0 bridgehead atoms. The van der Waals surface area contributed by atoms with E-state index in [1.165, 1.54) is 0 Å². The molecule has 0 fully saturated rings. The maximum atomic E-state index is 12.1. The molecule has 0 aliphatic rings. The van der Waals surface area contributed by atoms with Crippen LogP contribution in [0.5, 0.6) is 0 Å². The van der Waals surface area contributed by atoms with Crippen LogP contribution in [0, 0.1) is 17.2 Å². The quantitative estimate of drug-likeness (QED) is 0.834. The lowest BCUT2D eigenvalue weighted by molar-refractivity contribution is -0.130. The second kappa shape index (κ2) is 7.37. The van der Waals surface area contributed by atoms with Gasteiger partial charge in [-0.25, -0.2) is 0 Å². The molecule has 1 aromatic rings. The maximum absolute atomic E-state index is 12.1. The Labute approximate surface area is 123 Å². The van der Waals surface area contributed by atoms with Gasteiger partial charge in [-0.2, -0.15) is 5.26 Å². The molecule has 3 nitrogen and oxygen atoms in total. The molecule has 1 amide bonds. The Balaban J connectivity index is 2.71. The summed E-state index contributed by atoms with van der Waals surface area (Å²) in [6, 6.07) is 7.30. The number of hydrogen-bond donors (Lipinski definition) is 0. The highest BCUT2D eigenvalue weighted by atomic mass is 35.5. The van der Waals surface area contributed by atoms with E-state index in [1.54, 1.807) is 30.0 Å². The summed E-state index contributed by atoms with van der Waals surface area (Å²) in [5, 5.41) is 9.72. The van der Waals surface area contributed by atoms with Crippen molar-refractivity contribution >= 4 is 29.1 Å². The predicted octanol–water partition coefficient (Wildman–Crippen LogP) is 3.54. The molecule has 1 rings (SSSR count). The van der Waals surface area contributed by atoms with Crippen LogP contribution < -0.4 is 0 Å². The molecular formula is C14H16Cl2N2O. The number of likely N-dealkylation sites (N-methyl/N-ethyl adjacent to an activating group) is 1. The predicted molar refractivity (Wildman–Crippen MR) is 77.2 cm³/mol. The van der Waals surface area contributed by atoms with E-state index in [0.29, 0.717) is 23.1 Å². The molecule has 0 saturated heterocycles. The van der Waals surface area contributed by atoms with Crippen LogP contribution in [-0.2, 0) is 11.2 Å². The van der Waals surface area contributed by atoms with Gasteiger partial charge >= 0.3 is 0 Å². The molecule has 0 spiro atoms. The number of rotatable bonds is 5. The van der Waals surface area contributed by atoms with Crippen LogP contribution in [0.3, 0.4) is 0 Å². The van der Waals surface area contributed by atoms with Crippen LogP contribution in [0.25, 0.3) is 0 Å². The molecule has 0 radical (unpaired) electrons. The molecule has 1 atom stereocenters. The fourth-order valence-corrected chi connectivity index (χ4v) is 2.04. The van der Waals surface area contributed by atoms with Crippen molar-refractivity contribution in [1.29, 1.82) is 5.26 Å². The van der Waals surface area contributed by atoms with E-state index in [0.717, 1.165) is 5.56 Å². The third-order valence-corrected chi connectivity index (χ3v) is 3.53. The minimum Gasteiger partial charge on any atom is -0.341 e. The number of benzene rings is 1. The van der Waals surface area contributed by atoms with Crippen LogP contribution >= 0.6 is 23.2 Å². The summed E-state index contributed by atoms with van der Waals surface area (Å²) < 4.78 is 0. The molecule has 0 heterocycles. The zero-order chi connectivity index (χ0) is 14.4. The van der Waals surface area contributed by atoms with Gasteiger partial charge in [0.2, 0.25) is 5.91 Å². The van der Waals surface area contributed by atoms with Gasteiger partial charge in [0.15, 0.2) is 0 Å². The minimum atomic E-state index is -0.169. The first-order chi connectivity index (χ1) is 8.97. The van der Waals surface area contributed by atoms with Crippen molar-refractivity contribution in [1.82, 2.24) is 4.90 Å². The van der Waals surface area contributed by atoms with Gasteiger partial charge in [-0.1, -0.05) is 29.3 Å². The van der Waals surface area contributed by atoms with E-state index in [4.69, 9.17) is 28.5 Å². The van der Waals surface area contributed by atoms with Gasteiger partial charge in [-0.3, -0.25) is 4.79 Å². The standard InChI is InChI=1S/C14H16Cl2N2O/c1-3-18(9-10(2)8-17)14(19)7-11-4-5-12(15)13(16)6-11/h4-6,10H,3,7,9H2,1-2H3. The summed E-state index contributed by atoms with van der Waals surface area (Å²) in [5.74, 6) is -0.180. The summed E-state index contributed by atoms with van der Waals surface area (Å²) in [6.45, 7) is 4.74. The Morgan fingerprint density at radius 1 is 1.42 bits per heavy atom. The molecule has 102 valence electrons. The zero-order valence-corrected chi connectivity index (χ0v) is 12.5. The number of amides is 1. The molecule has 19 heavy (non-hydrogen) atoms. The van der Waals surface area contributed by atoms with Crippen LogP contribution in [-0.4, -0.2) is 23.9 Å². The smallest absolute Gasteiger partial charge is 0.227 e. The lowest BCUT2D eigenvalue weighted by atomic mass is 10.1. The average Bonchev–Trinajstić information content (AvgIpc) is 2.39. The molecule has 1 aromatic carbocycles. The highest BCUT2D eigenvalue weighted by molar-refractivity contribution is 6.42. The number of nitrogens with zero attached hydrogens (tertiary/aromatic N) is 2. The first-order valence-corrected chi connectivity index (χ1v) is 6.84.